The van der Waals surface area contributed by atoms with Crippen LogP contribution in [0.25, 0.3) is 10.3 Å². The lowest BCUT2D eigenvalue weighted by atomic mass is 10.5. The van der Waals surface area contributed by atoms with Crippen molar-refractivity contribution in [2.75, 3.05) is 7.11 Å². The Hall–Kier alpha value is -1.23. The number of aromatic nitrogens is 3. The first-order valence-corrected chi connectivity index (χ1v) is 4.81. The quantitative estimate of drug-likeness (QED) is 0.731. The van der Waals surface area contributed by atoms with E-state index in [1.807, 2.05) is 0 Å². The normalized spacial score (nSPS) is 10.6. The molecule has 0 aromatic carbocycles. The molecule has 0 saturated carbocycles. The average Bonchev–Trinajstić information content (AvgIpc) is 2.59. The summed E-state index contributed by atoms with van der Waals surface area (Å²) < 4.78 is 5.08. The Balaban J connectivity index is 2.67. The van der Waals surface area contributed by atoms with Gasteiger partial charge in [-0.3, -0.25) is 0 Å². The largest absolute Gasteiger partial charge is 0.479 e. The standard InChI is InChI=1S/C8H9N3OS/c1-3-5-11-6-7(12-2)9-4-10-8(6)13-5/h4H,3H2,1-2H3. The molecule has 0 unspecified atom stereocenters. The van der Waals surface area contributed by atoms with E-state index in [2.05, 4.69) is 21.9 Å². The summed E-state index contributed by atoms with van der Waals surface area (Å²) in [4.78, 5) is 13.4. The minimum atomic E-state index is 0.556. The van der Waals surface area contributed by atoms with Gasteiger partial charge in [0, 0.05) is 0 Å². The van der Waals surface area contributed by atoms with E-state index in [1.165, 1.54) is 6.33 Å². The first kappa shape index (κ1) is 8.37. The highest BCUT2D eigenvalue weighted by Gasteiger charge is 2.08. The summed E-state index contributed by atoms with van der Waals surface area (Å²) in [6.45, 7) is 2.07. The third-order valence-corrected chi connectivity index (χ3v) is 2.81. The Morgan fingerprint density at radius 3 is 3.00 bits per heavy atom. The van der Waals surface area contributed by atoms with E-state index in [1.54, 1.807) is 18.4 Å². The molecule has 0 aliphatic rings. The maximum Gasteiger partial charge on any atom is 0.244 e. The second-order valence-corrected chi connectivity index (χ2v) is 3.56. The van der Waals surface area contributed by atoms with Gasteiger partial charge in [-0.25, -0.2) is 9.97 Å². The number of nitrogens with zero attached hydrogens (tertiary/aromatic N) is 3. The van der Waals surface area contributed by atoms with E-state index in [0.29, 0.717) is 5.88 Å². The Morgan fingerprint density at radius 1 is 1.46 bits per heavy atom. The van der Waals surface area contributed by atoms with Crippen LogP contribution in [0.1, 0.15) is 11.9 Å². The number of methoxy groups -OCH3 is 1. The molecule has 0 bridgehead atoms. The molecule has 13 heavy (non-hydrogen) atoms. The van der Waals surface area contributed by atoms with Crippen molar-refractivity contribution < 1.29 is 4.74 Å². The van der Waals surface area contributed by atoms with Gasteiger partial charge < -0.3 is 4.74 Å². The molecule has 0 radical (unpaired) electrons. The van der Waals surface area contributed by atoms with Gasteiger partial charge in [0.1, 0.15) is 6.33 Å². The Bertz CT molecular complexity index is 426. The van der Waals surface area contributed by atoms with Gasteiger partial charge in [0.25, 0.3) is 0 Å². The molecule has 0 aliphatic carbocycles. The van der Waals surface area contributed by atoms with Gasteiger partial charge in [-0.1, -0.05) is 18.3 Å². The third-order valence-electron chi connectivity index (χ3n) is 1.70. The van der Waals surface area contributed by atoms with Crippen molar-refractivity contribution in [3.05, 3.63) is 11.3 Å². The predicted octanol–water partition coefficient (Wildman–Crippen LogP) is 1.66. The first-order valence-electron chi connectivity index (χ1n) is 3.99. The molecular weight excluding hydrogens is 186 g/mol. The van der Waals surface area contributed by atoms with Crippen LogP contribution in [-0.4, -0.2) is 22.1 Å². The van der Waals surface area contributed by atoms with E-state index in [-0.39, 0.29) is 0 Å². The molecule has 2 heterocycles. The molecule has 68 valence electrons. The van der Waals surface area contributed by atoms with Gasteiger partial charge >= 0.3 is 0 Å². The van der Waals surface area contributed by atoms with Crippen molar-refractivity contribution in [3.8, 4) is 5.88 Å². The number of hydrogen-bond donors (Lipinski definition) is 0. The highest BCUT2D eigenvalue weighted by Crippen LogP contribution is 2.25. The summed E-state index contributed by atoms with van der Waals surface area (Å²) in [6.07, 6.45) is 2.42. The van der Waals surface area contributed by atoms with Crippen LogP contribution in [-0.2, 0) is 6.42 Å². The molecule has 2 aromatic rings. The smallest absolute Gasteiger partial charge is 0.244 e. The van der Waals surface area contributed by atoms with E-state index >= 15 is 0 Å². The molecule has 0 fully saturated rings. The van der Waals surface area contributed by atoms with Crippen molar-refractivity contribution in [2.45, 2.75) is 13.3 Å². The molecule has 2 aromatic heterocycles. The van der Waals surface area contributed by atoms with Crippen LogP contribution in [0.15, 0.2) is 6.33 Å². The highest BCUT2D eigenvalue weighted by molar-refractivity contribution is 7.18. The lowest BCUT2D eigenvalue weighted by Crippen LogP contribution is -1.89. The molecule has 2 rings (SSSR count). The second kappa shape index (κ2) is 3.26. The Kier molecular flexibility index (Phi) is 2.10. The zero-order chi connectivity index (χ0) is 9.26. The SMILES string of the molecule is CCc1nc2c(OC)ncnc2s1. The molecule has 0 saturated heterocycles. The van der Waals surface area contributed by atoms with Crippen molar-refractivity contribution >= 4 is 21.7 Å². The fourth-order valence-corrected chi connectivity index (χ4v) is 1.91. The topological polar surface area (TPSA) is 47.9 Å². The first-order chi connectivity index (χ1) is 6.35. The Morgan fingerprint density at radius 2 is 2.31 bits per heavy atom. The lowest BCUT2D eigenvalue weighted by Gasteiger charge is -1.95. The summed E-state index contributed by atoms with van der Waals surface area (Å²) in [5, 5.41) is 1.06. The monoisotopic (exact) mass is 195 g/mol. The van der Waals surface area contributed by atoms with E-state index < -0.39 is 0 Å². The predicted molar refractivity (Wildman–Crippen MR) is 51.1 cm³/mol. The van der Waals surface area contributed by atoms with Gasteiger partial charge in [-0.05, 0) is 6.42 Å². The number of rotatable bonds is 2. The van der Waals surface area contributed by atoms with Gasteiger partial charge in [-0.2, -0.15) is 4.98 Å². The van der Waals surface area contributed by atoms with Crippen LogP contribution in [0.4, 0.5) is 0 Å². The fourth-order valence-electron chi connectivity index (χ4n) is 1.08. The molecular formula is C8H9N3OS. The number of hydrogen-bond acceptors (Lipinski definition) is 5. The van der Waals surface area contributed by atoms with Crippen LogP contribution in [0.2, 0.25) is 0 Å². The summed E-state index contributed by atoms with van der Waals surface area (Å²) in [6, 6.07) is 0. The van der Waals surface area contributed by atoms with Crippen molar-refractivity contribution in [1.82, 2.24) is 15.0 Å². The van der Waals surface area contributed by atoms with Crippen molar-refractivity contribution in [1.29, 1.82) is 0 Å². The molecule has 0 atom stereocenters. The fraction of sp³-hybridized carbons (Fsp3) is 0.375. The van der Waals surface area contributed by atoms with Gasteiger partial charge in [0.05, 0.1) is 12.1 Å². The molecule has 0 amide bonds. The van der Waals surface area contributed by atoms with Gasteiger partial charge in [0.2, 0.25) is 5.88 Å². The van der Waals surface area contributed by atoms with Crippen LogP contribution in [0.5, 0.6) is 5.88 Å². The van der Waals surface area contributed by atoms with Crippen molar-refractivity contribution in [2.24, 2.45) is 0 Å². The number of fused-ring (bicyclic) bond motifs is 1. The summed E-state index contributed by atoms with van der Waals surface area (Å²) in [5.74, 6) is 0.556. The van der Waals surface area contributed by atoms with Crippen LogP contribution < -0.4 is 4.74 Å². The number of ether oxygens (including phenoxy) is 1. The van der Waals surface area contributed by atoms with Crippen LogP contribution >= 0.6 is 11.3 Å². The maximum absolute atomic E-state index is 5.08. The molecule has 0 N–H and O–H groups in total. The minimum absolute atomic E-state index is 0.556. The van der Waals surface area contributed by atoms with E-state index in [4.69, 9.17) is 4.74 Å². The average molecular weight is 195 g/mol. The third kappa shape index (κ3) is 1.35. The molecule has 4 nitrogen and oxygen atoms in total. The zero-order valence-corrected chi connectivity index (χ0v) is 8.26. The van der Waals surface area contributed by atoms with Crippen LogP contribution in [0.3, 0.4) is 0 Å². The minimum Gasteiger partial charge on any atom is -0.479 e. The number of aryl methyl sites for hydroxylation is 1. The Labute approximate surface area is 79.6 Å². The summed E-state index contributed by atoms with van der Waals surface area (Å²) in [5.41, 5.74) is 0.770. The highest BCUT2D eigenvalue weighted by atomic mass is 32.1. The second-order valence-electron chi connectivity index (χ2n) is 2.50. The van der Waals surface area contributed by atoms with Gasteiger partial charge in [-0.15, -0.1) is 0 Å². The zero-order valence-electron chi connectivity index (χ0n) is 7.44. The van der Waals surface area contributed by atoms with Crippen LogP contribution in [0, 0.1) is 0 Å². The molecule has 5 heteroatoms. The van der Waals surface area contributed by atoms with Gasteiger partial charge in [0.15, 0.2) is 10.3 Å². The molecule has 0 spiro atoms. The maximum atomic E-state index is 5.08. The van der Waals surface area contributed by atoms with E-state index in [9.17, 15) is 0 Å². The van der Waals surface area contributed by atoms with E-state index in [0.717, 1.165) is 21.8 Å². The molecule has 0 aliphatic heterocycles. The summed E-state index contributed by atoms with van der Waals surface area (Å²) >= 11 is 1.58. The number of thiazole rings is 1. The van der Waals surface area contributed by atoms with Crippen molar-refractivity contribution in [3.63, 3.8) is 0 Å². The summed E-state index contributed by atoms with van der Waals surface area (Å²) in [7, 11) is 1.59. The lowest BCUT2D eigenvalue weighted by molar-refractivity contribution is 0.401.